The van der Waals surface area contributed by atoms with Gasteiger partial charge in [-0.1, -0.05) is 30.3 Å². The fourth-order valence-electron chi connectivity index (χ4n) is 2.21. The van der Waals surface area contributed by atoms with Gasteiger partial charge in [-0.2, -0.15) is 0 Å². The number of carbonyl (C=O) groups is 3. The van der Waals surface area contributed by atoms with Crippen LogP contribution in [0.2, 0.25) is 0 Å². The van der Waals surface area contributed by atoms with Crippen molar-refractivity contribution in [2.24, 2.45) is 0 Å². The summed E-state index contributed by atoms with van der Waals surface area (Å²) in [4.78, 5) is 34.9. The number of benzene rings is 2. The molecule has 0 bridgehead atoms. The number of hydrogen-bond acceptors (Lipinski definition) is 3. The predicted molar refractivity (Wildman–Crippen MR) is 101 cm³/mol. The molecule has 4 N–H and O–H groups in total. The van der Waals surface area contributed by atoms with E-state index in [2.05, 4.69) is 21.3 Å². The molecule has 7 heteroatoms. The molecule has 0 saturated carbocycles. The lowest BCUT2D eigenvalue weighted by Crippen LogP contribution is -2.28. The number of carbonyl (C=O) groups excluding carboxylic acids is 3. The van der Waals surface area contributed by atoms with Gasteiger partial charge in [-0.05, 0) is 29.8 Å². The molecule has 4 amide bonds. The molecular weight excluding hydrogens is 332 g/mol. The van der Waals surface area contributed by atoms with Gasteiger partial charge in [0.05, 0.1) is 6.42 Å². The second-order valence-electron chi connectivity index (χ2n) is 5.59. The summed E-state index contributed by atoms with van der Waals surface area (Å²) in [7, 11) is 1.53. The number of amides is 4. The van der Waals surface area contributed by atoms with Crippen molar-refractivity contribution in [2.75, 3.05) is 24.2 Å². The van der Waals surface area contributed by atoms with Crippen LogP contribution in [0.25, 0.3) is 0 Å². The Hall–Kier alpha value is -3.35. The summed E-state index contributed by atoms with van der Waals surface area (Å²) in [6, 6.07) is 15.9. The molecule has 0 aliphatic carbocycles. The maximum atomic E-state index is 11.9. The number of rotatable bonds is 7. The molecule has 136 valence electrons. The first-order chi connectivity index (χ1) is 12.6. The average Bonchev–Trinajstić information content (AvgIpc) is 2.64. The molecule has 0 saturated heterocycles. The van der Waals surface area contributed by atoms with E-state index in [0.717, 1.165) is 5.56 Å². The summed E-state index contributed by atoms with van der Waals surface area (Å²) < 4.78 is 0. The third-order valence-electron chi connectivity index (χ3n) is 3.54. The maximum Gasteiger partial charge on any atom is 0.318 e. The largest absolute Gasteiger partial charge is 0.355 e. The van der Waals surface area contributed by atoms with Gasteiger partial charge in [-0.3, -0.25) is 9.59 Å². The molecule has 26 heavy (non-hydrogen) atoms. The highest BCUT2D eigenvalue weighted by Gasteiger charge is 2.06. The van der Waals surface area contributed by atoms with Crippen molar-refractivity contribution in [3.8, 4) is 0 Å². The molecule has 2 aromatic carbocycles. The second kappa shape index (κ2) is 9.83. The van der Waals surface area contributed by atoms with Crippen LogP contribution < -0.4 is 21.3 Å². The smallest absolute Gasteiger partial charge is 0.318 e. The Morgan fingerprint density at radius 2 is 1.42 bits per heavy atom. The van der Waals surface area contributed by atoms with Crippen LogP contribution >= 0.6 is 0 Å². The Morgan fingerprint density at radius 3 is 2.04 bits per heavy atom. The Bertz CT molecular complexity index is 745. The second-order valence-corrected chi connectivity index (χ2v) is 5.59. The van der Waals surface area contributed by atoms with Gasteiger partial charge in [0.1, 0.15) is 0 Å². The van der Waals surface area contributed by atoms with Gasteiger partial charge in [-0.25, -0.2) is 4.79 Å². The van der Waals surface area contributed by atoms with Crippen LogP contribution in [0.1, 0.15) is 12.0 Å². The van der Waals surface area contributed by atoms with Crippen LogP contribution in [0, 0.1) is 0 Å². The van der Waals surface area contributed by atoms with Gasteiger partial charge in [0.25, 0.3) is 0 Å². The molecule has 0 fully saturated rings. The van der Waals surface area contributed by atoms with E-state index in [9.17, 15) is 14.4 Å². The lowest BCUT2D eigenvalue weighted by atomic mass is 10.1. The summed E-state index contributed by atoms with van der Waals surface area (Å²) in [5, 5.41) is 10.6. The van der Waals surface area contributed by atoms with Gasteiger partial charge < -0.3 is 21.3 Å². The van der Waals surface area contributed by atoms with E-state index in [-0.39, 0.29) is 30.8 Å². The fraction of sp³-hybridized carbons (Fsp3) is 0.211. The minimum atomic E-state index is -0.312. The monoisotopic (exact) mass is 354 g/mol. The fourth-order valence-corrected chi connectivity index (χ4v) is 2.21. The van der Waals surface area contributed by atoms with E-state index in [4.69, 9.17) is 0 Å². The quantitative estimate of drug-likeness (QED) is 0.613. The first-order valence-electron chi connectivity index (χ1n) is 8.26. The topological polar surface area (TPSA) is 99.3 Å². The van der Waals surface area contributed by atoms with Crippen molar-refractivity contribution in [2.45, 2.75) is 12.8 Å². The third kappa shape index (κ3) is 6.64. The van der Waals surface area contributed by atoms with Crippen molar-refractivity contribution in [3.63, 3.8) is 0 Å². The average molecular weight is 354 g/mol. The molecule has 0 unspecified atom stereocenters. The molecule has 0 aliphatic rings. The van der Waals surface area contributed by atoms with Crippen LogP contribution in [0.3, 0.4) is 0 Å². The number of anilines is 2. The van der Waals surface area contributed by atoms with Crippen LogP contribution in [-0.2, 0) is 16.0 Å². The molecule has 0 aromatic heterocycles. The summed E-state index contributed by atoms with van der Waals surface area (Å²) in [5.74, 6) is -0.314. The van der Waals surface area contributed by atoms with Crippen molar-refractivity contribution < 1.29 is 14.4 Å². The van der Waals surface area contributed by atoms with Crippen LogP contribution in [0.5, 0.6) is 0 Å². The third-order valence-corrected chi connectivity index (χ3v) is 3.54. The molecule has 2 aromatic rings. The van der Waals surface area contributed by atoms with Crippen LogP contribution in [0.15, 0.2) is 54.6 Å². The van der Waals surface area contributed by atoms with E-state index in [1.54, 1.807) is 24.3 Å². The lowest BCUT2D eigenvalue weighted by molar-refractivity contribution is -0.120. The highest BCUT2D eigenvalue weighted by atomic mass is 16.2. The maximum absolute atomic E-state index is 11.9. The molecular formula is C19H22N4O3. The van der Waals surface area contributed by atoms with Crippen molar-refractivity contribution in [1.82, 2.24) is 10.6 Å². The minimum Gasteiger partial charge on any atom is -0.355 e. The molecule has 0 spiro atoms. The minimum absolute atomic E-state index is 0.117. The number of urea groups is 1. The number of hydrogen-bond donors (Lipinski definition) is 4. The van der Waals surface area contributed by atoms with Gasteiger partial charge in [0, 0.05) is 31.4 Å². The first kappa shape index (κ1) is 19.0. The molecule has 0 radical (unpaired) electrons. The lowest BCUT2D eigenvalue weighted by Gasteiger charge is -2.08. The Kier molecular flexibility index (Phi) is 7.17. The van der Waals surface area contributed by atoms with E-state index in [1.807, 2.05) is 30.3 Å². The van der Waals surface area contributed by atoms with E-state index in [1.165, 1.54) is 7.05 Å². The molecule has 0 atom stereocenters. The van der Waals surface area contributed by atoms with Crippen molar-refractivity contribution in [1.29, 1.82) is 0 Å². The van der Waals surface area contributed by atoms with E-state index in [0.29, 0.717) is 17.8 Å². The summed E-state index contributed by atoms with van der Waals surface area (Å²) in [6.45, 7) is 0.272. The van der Waals surface area contributed by atoms with E-state index < -0.39 is 0 Å². The zero-order valence-corrected chi connectivity index (χ0v) is 14.5. The Morgan fingerprint density at radius 1 is 0.808 bits per heavy atom. The van der Waals surface area contributed by atoms with E-state index >= 15 is 0 Å². The van der Waals surface area contributed by atoms with Crippen LogP contribution in [0.4, 0.5) is 16.2 Å². The highest BCUT2D eigenvalue weighted by Crippen LogP contribution is 2.13. The standard InChI is InChI=1S/C19H22N4O3/c1-20-19(26)23-16-9-7-15(8-10-16)22-17(24)11-12-21-18(25)13-14-5-3-2-4-6-14/h2-10H,11-13H2,1H3,(H,21,25)(H,22,24)(H2,20,23,26). The first-order valence-corrected chi connectivity index (χ1v) is 8.26. The molecule has 0 heterocycles. The SMILES string of the molecule is CNC(=O)Nc1ccc(NC(=O)CCNC(=O)Cc2ccccc2)cc1. The Labute approximate surface area is 152 Å². The van der Waals surface area contributed by atoms with Gasteiger partial charge in [0.2, 0.25) is 11.8 Å². The molecule has 2 rings (SSSR count). The number of nitrogens with one attached hydrogen (secondary N) is 4. The van der Waals surface area contributed by atoms with Gasteiger partial charge >= 0.3 is 6.03 Å². The summed E-state index contributed by atoms with van der Waals surface area (Å²) >= 11 is 0. The molecule has 7 nitrogen and oxygen atoms in total. The normalized spacial score (nSPS) is 9.88. The highest BCUT2D eigenvalue weighted by molar-refractivity contribution is 5.92. The van der Waals surface area contributed by atoms with Crippen molar-refractivity contribution in [3.05, 3.63) is 60.2 Å². The van der Waals surface area contributed by atoms with Crippen LogP contribution in [-0.4, -0.2) is 31.4 Å². The predicted octanol–water partition coefficient (Wildman–Crippen LogP) is 2.13. The molecule has 0 aliphatic heterocycles. The summed E-state index contributed by atoms with van der Waals surface area (Å²) in [6.07, 6.45) is 0.473. The van der Waals surface area contributed by atoms with Crippen molar-refractivity contribution >= 4 is 29.2 Å². The zero-order chi connectivity index (χ0) is 18.8. The summed E-state index contributed by atoms with van der Waals surface area (Å²) in [5.41, 5.74) is 2.17. The zero-order valence-electron chi connectivity index (χ0n) is 14.5. The van der Waals surface area contributed by atoms with Gasteiger partial charge in [0.15, 0.2) is 0 Å². The van der Waals surface area contributed by atoms with Gasteiger partial charge in [-0.15, -0.1) is 0 Å². The Balaban J connectivity index is 1.70.